The van der Waals surface area contributed by atoms with E-state index < -0.39 is 64.9 Å². The highest BCUT2D eigenvalue weighted by molar-refractivity contribution is 6.06. The second-order valence-corrected chi connectivity index (χ2v) is 15.2. The Balaban J connectivity index is 2.07. The van der Waals surface area contributed by atoms with Crippen LogP contribution in [0.5, 0.6) is 0 Å². The number of hydrogen-bond acceptors (Lipinski definition) is 8. The molecular weight excluding hydrogens is 618 g/mol. The van der Waals surface area contributed by atoms with E-state index in [1.807, 2.05) is 20.8 Å². The van der Waals surface area contributed by atoms with Gasteiger partial charge < -0.3 is 20.5 Å². The molecule has 12 heteroatoms. The molecule has 0 aromatic heterocycles. The molecule has 1 fully saturated rings. The van der Waals surface area contributed by atoms with Gasteiger partial charge in [-0.3, -0.25) is 38.5 Å². The van der Waals surface area contributed by atoms with Gasteiger partial charge in [-0.2, -0.15) is 0 Å². The zero-order chi connectivity index (χ0) is 36.6. The highest BCUT2D eigenvalue weighted by atomic mass is 16.5. The lowest BCUT2D eigenvalue weighted by atomic mass is 9.80. The predicted octanol–water partition coefficient (Wildman–Crippen LogP) is 4.67. The smallest absolute Gasteiger partial charge is 0.311 e. The van der Waals surface area contributed by atoms with Crippen molar-refractivity contribution in [2.24, 2.45) is 28.6 Å². The van der Waals surface area contributed by atoms with E-state index in [4.69, 9.17) is 9.84 Å². The number of unbranched alkanes of at least 4 members (excludes halogenated alkanes) is 1. The summed E-state index contributed by atoms with van der Waals surface area (Å²) in [5.74, 6) is -5.05. The number of nitrogens with one attached hydrogen (secondary N) is 2. The van der Waals surface area contributed by atoms with E-state index in [9.17, 15) is 33.6 Å². The number of imide groups is 1. The molecule has 3 N–H and O–H groups in total. The molecule has 266 valence electrons. The van der Waals surface area contributed by atoms with E-state index >= 15 is 0 Å². The number of benzene rings is 1. The zero-order valence-corrected chi connectivity index (χ0v) is 29.9. The van der Waals surface area contributed by atoms with Gasteiger partial charge in [0.05, 0.1) is 17.4 Å². The molecule has 1 aliphatic rings. The number of rotatable bonds is 16. The predicted molar refractivity (Wildman–Crippen MR) is 179 cm³/mol. The van der Waals surface area contributed by atoms with Crippen LogP contribution in [0.25, 0.3) is 0 Å². The molecule has 3 atom stereocenters. The standard InChI is InChI=1S/C36H53N3O9/c1-21(2)31(38-28(41)19-39-29(42)18-26(33(39)46)35(4,5)6)27(40)16-22(3)32(45)37-25-15-14-24(20-48-34(47)36(7,8)9)23(17-25)12-10-11-13-30(43)44/h14-15,17,21-22,26,31H,10-13,16,18-20H2,1-9H3,(H,37,45)(H,38,41)(H,43,44)/t22-,26?,31+/m1/s1. The van der Waals surface area contributed by atoms with Gasteiger partial charge in [0.25, 0.3) is 0 Å². The number of carbonyl (C=O) groups excluding carboxylic acids is 6. The van der Waals surface area contributed by atoms with Crippen molar-refractivity contribution in [3.05, 3.63) is 29.3 Å². The zero-order valence-electron chi connectivity index (χ0n) is 29.9. The van der Waals surface area contributed by atoms with Gasteiger partial charge in [-0.1, -0.05) is 47.6 Å². The molecule has 1 saturated heterocycles. The van der Waals surface area contributed by atoms with Crippen LogP contribution in [-0.2, 0) is 51.3 Å². The van der Waals surface area contributed by atoms with Gasteiger partial charge in [0.15, 0.2) is 5.78 Å². The molecule has 4 amide bonds. The summed E-state index contributed by atoms with van der Waals surface area (Å²) in [5.41, 5.74) is 0.904. The third-order valence-corrected chi connectivity index (χ3v) is 8.41. The maximum absolute atomic E-state index is 13.3. The Morgan fingerprint density at radius 3 is 2.17 bits per heavy atom. The number of carbonyl (C=O) groups is 7. The second-order valence-electron chi connectivity index (χ2n) is 15.2. The van der Waals surface area contributed by atoms with Crippen LogP contribution in [0.2, 0.25) is 0 Å². The van der Waals surface area contributed by atoms with Crippen molar-refractivity contribution in [2.45, 2.75) is 113 Å². The normalized spacial score (nSPS) is 16.5. The number of ether oxygens (including phenoxy) is 1. The minimum atomic E-state index is -0.925. The fourth-order valence-electron chi connectivity index (χ4n) is 5.32. The molecule has 0 aliphatic carbocycles. The summed E-state index contributed by atoms with van der Waals surface area (Å²) in [6, 6.07) is 4.26. The van der Waals surface area contributed by atoms with Crippen LogP contribution in [0.3, 0.4) is 0 Å². The van der Waals surface area contributed by atoms with Gasteiger partial charge in [0, 0.05) is 30.9 Å². The lowest BCUT2D eigenvalue weighted by molar-refractivity contribution is -0.154. The van der Waals surface area contributed by atoms with Gasteiger partial charge in [0.2, 0.25) is 23.6 Å². The van der Waals surface area contributed by atoms with Crippen LogP contribution in [-0.4, -0.2) is 63.9 Å². The molecule has 1 aromatic carbocycles. The summed E-state index contributed by atoms with van der Waals surface area (Å²) < 4.78 is 5.49. The Morgan fingerprint density at radius 2 is 1.62 bits per heavy atom. The van der Waals surface area contributed by atoms with Crippen molar-refractivity contribution in [3.63, 3.8) is 0 Å². The fourth-order valence-corrected chi connectivity index (χ4v) is 5.32. The maximum atomic E-state index is 13.3. The molecule has 1 aromatic rings. The van der Waals surface area contributed by atoms with Crippen LogP contribution < -0.4 is 10.6 Å². The van der Waals surface area contributed by atoms with Crippen molar-refractivity contribution in [1.29, 1.82) is 0 Å². The number of anilines is 1. The van der Waals surface area contributed by atoms with Crippen molar-refractivity contribution in [3.8, 4) is 0 Å². The highest BCUT2D eigenvalue weighted by Gasteiger charge is 2.45. The number of aliphatic carboxylic acids is 1. The number of Topliss-reactive ketones (excluding diaryl/α,β-unsaturated/α-hetero) is 1. The largest absolute Gasteiger partial charge is 0.481 e. The van der Waals surface area contributed by atoms with E-state index in [0.29, 0.717) is 24.9 Å². The van der Waals surface area contributed by atoms with Crippen LogP contribution in [0.4, 0.5) is 5.69 Å². The van der Waals surface area contributed by atoms with Crippen molar-refractivity contribution < 1.29 is 43.4 Å². The molecule has 1 heterocycles. The summed E-state index contributed by atoms with van der Waals surface area (Å²) in [4.78, 5) is 88.9. The van der Waals surface area contributed by atoms with Gasteiger partial charge >= 0.3 is 11.9 Å². The number of aryl methyl sites for hydroxylation is 1. The summed E-state index contributed by atoms with van der Waals surface area (Å²) in [5, 5.41) is 14.5. The number of amides is 4. The summed E-state index contributed by atoms with van der Waals surface area (Å²) in [7, 11) is 0. The molecule has 12 nitrogen and oxygen atoms in total. The van der Waals surface area contributed by atoms with E-state index in [-0.39, 0.29) is 43.5 Å². The van der Waals surface area contributed by atoms with Crippen molar-refractivity contribution >= 4 is 47.0 Å². The second kappa shape index (κ2) is 16.8. The minimum Gasteiger partial charge on any atom is -0.481 e. The Morgan fingerprint density at radius 1 is 0.979 bits per heavy atom. The van der Waals surface area contributed by atoms with Crippen LogP contribution in [0.15, 0.2) is 18.2 Å². The van der Waals surface area contributed by atoms with Crippen LogP contribution in [0.1, 0.15) is 106 Å². The average Bonchev–Trinajstić information content (AvgIpc) is 3.25. The molecule has 0 bridgehead atoms. The van der Waals surface area contributed by atoms with Crippen LogP contribution in [0, 0.1) is 28.6 Å². The molecule has 1 aliphatic heterocycles. The lowest BCUT2D eigenvalue weighted by Gasteiger charge is -2.26. The number of carboxylic acids is 1. The average molecular weight is 672 g/mol. The van der Waals surface area contributed by atoms with Crippen molar-refractivity contribution in [1.82, 2.24) is 10.2 Å². The Kier molecular flexibility index (Phi) is 14.1. The molecular formula is C36H53N3O9. The topological polar surface area (TPSA) is 176 Å². The van der Waals surface area contributed by atoms with Gasteiger partial charge in [-0.05, 0) is 74.6 Å². The third kappa shape index (κ3) is 11.9. The quantitative estimate of drug-likeness (QED) is 0.128. The minimum absolute atomic E-state index is 0.0281. The molecule has 0 spiro atoms. The number of likely N-dealkylation sites (tertiary alicyclic amines) is 1. The Bertz CT molecular complexity index is 1390. The van der Waals surface area contributed by atoms with Gasteiger partial charge in [0.1, 0.15) is 13.2 Å². The SMILES string of the molecule is CC(C)[C@H](NC(=O)CN1C(=O)CC(C(C)(C)C)C1=O)C(=O)C[C@@H](C)C(=O)Nc1ccc(COC(=O)C(C)(C)C)c(CCCCC(=O)O)c1. The number of carboxylic acid groups (broad SMARTS) is 1. The molecule has 1 unspecified atom stereocenters. The van der Waals surface area contributed by atoms with Gasteiger partial charge in [-0.15, -0.1) is 0 Å². The first-order valence-corrected chi connectivity index (χ1v) is 16.6. The first-order valence-electron chi connectivity index (χ1n) is 16.6. The monoisotopic (exact) mass is 671 g/mol. The molecule has 0 saturated carbocycles. The number of hydrogen-bond donors (Lipinski definition) is 3. The molecule has 48 heavy (non-hydrogen) atoms. The van der Waals surface area contributed by atoms with Gasteiger partial charge in [-0.25, -0.2) is 0 Å². The Hall–Kier alpha value is -4.09. The fraction of sp³-hybridized carbons (Fsp3) is 0.639. The lowest BCUT2D eigenvalue weighted by Crippen LogP contribution is -2.49. The maximum Gasteiger partial charge on any atom is 0.311 e. The van der Waals surface area contributed by atoms with Crippen LogP contribution >= 0.6 is 0 Å². The van der Waals surface area contributed by atoms with E-state index in [1.54, 1.807) is 59.7 Å². The highest BCUT2D eigenvalue weighted by Crippen LogP contribution is 2.35. The first kappa shape index (κ1) is 40.1. The summed E-state index contributed by atoms with van der Waals surface area (Å²) in [6.45, 7) is 15.5. The Labute approximate surface area is 283 Å². The van der Waals surface area contributed by atoms with E-state index in [0.717, 1.165) is 16.0 Å². The van der Waals surface area contributed by atoms with Crippen molar-refractivity contribution in [2.75, 3.05) is 11.9 Å². The molecule has 0 radical (unpaired) electrons. The number of esters is 1. The number of nitrogens with zero attached hydrogens (tertiary/aromatic N) is 1. The van der Waals surface area contributed by atoms with E-state index in [2.05, 4.69) is 10.6 Å². The summed E-state index contributed by atoms with van der Waals surface area (Å²) >= 11 is 0. The third-order valence-electron chi connectivity index (χ3n) is 8.41. The molecule has 2 rings (SSSR count). The number of ketones is 1. The first-order chi connectivity index (χ1) is 22.1. The van der Waals surface area contributed by atoms with E-state index in [1.165, 1.54) is 0 Å². The summed E-state index contributed by atoms with van der Waals surface area (Å²) in [6.07, 6.45) is 1.45.